The van der Waals surface area contributed by atoms with Crippen LogP contribution in [0.25, 0.3) is 5.65 Å². The van der Waals surface area contributed by atoms with Crippen molar-refractivity contribution in [1.82, 2.24) is 30.8 Å². The maximum Gasteiger partial charge on any atom is 0.387 e. The van der Waals surface area contributed by atoms with E-state index < -0.39 is 18.6 Å². The molecule has 0 radical (unpaired) electrons. The van der Waals surface area contributed by atoms with Crippen molar-refractivity contribution in [1.29, 1.82) is 0 Å². The van der Waals surface area contributed by atoms with Gasteiger partial charge in [0.25, 0.3) is 5.91 Å². The van der Waals surface area contributed by atoms with Crippen LogP contribution in [-0.4, -0.2) is 27.1 Å². The summed E-state index contributed by atoms with van der Waals surface area (Å²) in [4.78, 5) is 16.8. The second-order valence-corrected chi connectivity index (χ2v) is 6.21. The van der Waals surface area contributed by atoms with Crippen molar-refractivity contribution >= 4 is 23.2 Å². The molecule has 8 nitrogen and oxygen atoms in total. The molecule has 2 aromatic heterocycles. The Kier molecular flexibility index (Phi) is 4.80. The van der Waals surface area contributed by atoms with Crippen LogP contribution in [0.2, 0.25) is 5.02 Å². The van der Waals surface area contributed by atoms with Gasteiger partial charge in [0.1, 0.15) is 5.75 Å². The third kappa shape index (κ3) is 3.47. The number of alkyl halides is 2. The summed E-state index contributed by atoms with van der Waals surface area (Å²) < 4.78 is 31.4. The third-order valence-electron chi connectivity index (χ3n) is 4.03. The van der Waals surface area contributed by atoms with Crippen LogP contribution >= 0.6 is 11.6 Å². The average Bonchev–Trinajstić information content (AvgIpc) is 3.29. The highest BCUT2D eigenvalue weighted by molar-refractivity contribution is 6.30. The van der Waals surface area contributed by atoms with Crippen molar-refractivity contribution in [3.63, 3.8) is 0 Å². The van der Waals surface area contributed by atoms with Crippen molar-refractivity contribution in [2.45, 2.75) is 12.7 Å². The van der Waals surface area contributed by atoms with Gasteiger partial charge in [-0.3, -0.25) is 4.79 Å². The number of hydrazine groups is 1. The molecule has 0 bridgehead atoms. The number of hydrogen-bond donors (Lipinski definition) is 3. The summed E-state index contributed by atoms with van der Waals surface area (Å²) in [7, 11) is 0. The van der Waals surface area contributed by atoms with E-state index in [1.54, 1.807) is 12.1 Å². The Hall–Kier alpha value is -3.24. The average molecular weight is 407 g/mol. The predicted molar refractivity (Wildman–Crippen MR) is 95.6 cm³/mol. The number of hydrogen-bond acceptors (Lipinski definition) is 6. The monoisotopic (exact) mass is 406 g/mol. The number of aromatic nitrogens is 3. The number of benzene rings is 1. The van der Waals surface area contributed by atoms with Gasteiger partial charge in [-0.15, -0.1) is 0 Å². The van der Waals surface area contributed by atoms with E-state index in [2.05, 4.69) is 31.0 Å². The van der Waals surface area contributed by atoms with Gasteiger partial charge < -0.3 is 15.5 Å². The molecule has 0 saturated carbocycles. The summed E-state index contributed by atoms with van der Waals surface area (Å²) >= 11 is 6.01. The standard InChI is InChI=1S/C17H13ClF2N6O2/c18-9-3-4-13(28-17(19)20)10(6-9)15-11(7-22-25-15)24-16(27)12-8-21-14-2-1-5-23-26(12)14/h1-8,15,17,22,25H,(H,24,27). The molecule has 1 amide bonds. The van der Waals surface area contributed by atoms with Crippen LogP contribution in [0.15, 0.2) is 54.6 Å². The van der Waals surface area contributed by atoms with Crippen LogP contribution < -0.4 is 20.9 Å². The van der Waals surface area contributed by atoms with Gasteiger partial charge in [-0.2, -0.15) is 13.9 Å². The fourth-order valence-electron chi connectivity index (χ4n) is 2.84. The first-order valence-electron chi connectivity index (χ1n) is 8.08. The van der Waals surface area contributed by atoms with Crippen molar-refractivity contribution in [3.05, 3.63) is 70.9 Å². The van der Waals surface area contributed by atoms with Crippen LogP contribution in [0.1, 0.15) is 22.1 Å². The SMILES string of the molecule is O=C(NC1=CNNC1c1cc(Cl)ccc1OC(F)F)c1cnc2cccnn12. The molecule has 144 valence electrons. The molecule has 3 heterocycles. The van der Waals surface area contributed by atoms with E-state index in [1.807, 2.05) is 0 Å². The Balaban J connectivity index is 1.61. The molecule has 0 aliphatic carbocycles. The lowest BCUT2D eigenvalue weighted by Gasteiger charge is -2.19. The van der Waals surface area contributed by atoms with Crippen molar-refractivity contribution in [2.24, 2.45) is 0 Å². The van der Waals surface area contributed by atoms with E-state index in [0.717, 1.165) is 0 Å². The normalized spacial score (nSPS) is 16.1. The van der Waals surface area contributed by atoms with E-state index in [9.17, 15) is 13.6 Å². The van der Waals surface area contributed by atoms with Gasteiger partial charge in [0.2, 0.25) is 0 Å². The summed E-state index contributed by atoms with van der Waals surface area (Å²) in [5.74, 6) is -0.525. The fourth-order valence-corrected chi connectivity index (χ4v) is 3.03. The Bertz CT molecular complexity index is 1070. The minimum Gasteiger partial charge on any atom is -0.434 e. The molecular formula is C17H13ClF2N6O2. The number of imidazole rings is 1. The van der Waals surface area contributed by atoms with Crippen molar-refractivity contribution < 1.29 is 18.3 Å². The number of carbonyl (C=O) groups is 1. The van der Waals surface area contributed by atoms with Gasteiger partial charge in [0.15, 0.2) is 11.3 Å². The Morgan fingerprint density at radius 2 is 2.21 bits per heavy atom. The van der Waals surface area contributed by atoms with Crippen LogP contribution in [0.3, 0.4) is 0 Å². The summed E-state index contributed by atoms with van der Waals surface area (Å²) in [5.41, 5.74) is 7.09. The highest BCUT2D eigenvalue weighted by atomic mass is 35.5. The molecule has 0 spiro atoms. The maximum atomic E-state index is 12.7. The lowest BCUT2D eigenvalue weighted by molar-refractivity contribution is -0.0506. The van der Waals surface area contributed by atoms with Crippen LogP contribution in [-0.2, 0) is 0 Å². The van der Waals surface area contributed by atoms with Crippen molar-refractivity contribution in [3.8, 4) is 5.75 Å². The summed E-state index contributed by atoms with van der Waals surface area (Å²) in [5, 5.41) is 7.16. The first kappa shape index (κ1) is 18.1. The first-order chi connectivity index (χ1) is 13.5. The zero-order valence-electron chi connectivity index (χ0n) is 14.1. The van der Waals surface area contributed by atoms with Crippen LogP contribution in [0.5, 0.6) is 5.75 Å². The minimum atomic E-state index is -3.00. The highest BCUT2D eigenvalue weighted by Gasteiger charge is 2.28. The number of nitrogens with one attached hydrogen (secondary N) is 3. The second kappa shape index (κ2) is 7.41. The number of fused-ring (bicyclic) bond motifs is 1. The fraction of sp³-hybridized carbons (Fsp3) is 0.118. The number of ether oxygens (including phenoxy) is 1. The Morgan fingerprint density at radius 1 is 1.36 bits per heavy atom. The van der Waals surface area contributed by atoms with Gasteiger partial charge in [-0.25, -0.2) is 14.9 Å². The largest absolute Gasteiger partial charge is 0.434 e. The van der Waals surface area contributed by atoms with E-state index in [4.69, 9.17) is 11.6 Å². The summed E-state index contributed by atoms with van der Waals surface area (Å²) in [6.45, 7) is -3.00. The number of rotatable bonds is 5. The smallest absolute Gasteiger partial charge is 0.387 e. The van der Waals surface area contributed by atoms with Gasteiger partial charge in [-0.05, 0) is 30.3 Å². The molecule has 3 N–H and O–H groups in total. The van der Waals surface area contributed by atoms with Gasteiger partial charge in [0.05, 0.1) is 17.9 Å². The first-order valence-corrected chi connectivity index (χ1v) is 8.46. The summed E-state index contributed by atoms with van der Waals surface area (Å²) in [6, 6.07) is 7.01. The highest BCUT2D eigenvalue weighted by Crippen LogP contribution is 2.33. The van der Waals surface area contributed by atoms with Crippen LogP contribution in [0.4, 0.5) is 8.78 Å². The van der Waals surface area contributed by atoms with Gasteiger partial charge in [-0.1, -0.05) is 11.6 Å². The zero-order valence-corrected chi connectivity index (χ0v) is 14.8. The number of halogens is 3. The molecule has 28 heavy (non-hydrogen) atoms. The molecule has 3 aromatic rings. The lowest BCUT2D eigenvalue weighted by Crippen LogP contribution is -2.31. The van der Waals surface area contributed by atoms with E-state index in [0.29, 0.717) is 21.9 Å². The molecule has 1 unspecified atom stereocenters. The molecule has 11 heteroatoms. The van der Waals surface area contributed by atoms with Gasteiger partial charge >= 0.3 is 6.61 Å². The third-order valence-corrected chi connectivity index (χ3v) is 4.27. The molecule has 0 fully saturated rings. The van der Waals surface area contributed by atoms with E-state index >= 15 is 0 Å². The van der Waals surface area contributed by atoms with E-state index in [-0.39, 0.29) is 11.4 Å². The molecule has 1 aliphatic rings. The van der Waals surface area contributed by atoms with Crippen LogP contribution in [0, 0.1) is 0 Å². The Morgan fingerprint density at radius 3 is 3.04 bits per heavy atom. The Labute approximate surface area is 162 Å². The minimum absolute atomic E-state index is 0.0581. The number of nitrogens with zero attached hydrogens (tertiary/aromatic N) is 3. The quantitative estimate of drug-likeness (QED) is 0.602. The molecule has 1 atom stereocenters. The predicted octanol–water partition coefficient (Wildman–Crippen LogP) is 2.40. The lowest BCUT2D eigenvalue weighted by atomic mass is 10.0. The molecule has 1 aromatic carbocycles. The van der Waals surface area contributed by atoms with E-state index in [1.165, 1.54) is 41.3 Å². The molecule has 1 aliphatic heterocycles. The number of carbonyl (C=O) groups excluding carboxylic acids is 1. The zero-order chi connectivity index (χ0) is 19.7. The second-order valence-electron chi connectivity index (χ2n) is 5.77. The number of amides is 1. The maximum absolute atomic E-state index is 12.7. The summed E-state index contributed by atoms with van der Waals surface area (Å²) in [6.07, 6.45) is 4.44. The molecule has 4 rings (SSSR count). The van der Waals surface area contributed by atoms with Crippen molar-refractivity contribution in [2.75, 3.05) is 0 Å². The molecular weight excluding hydrogens is 394 g/mol. The van der Waals surface area contributed by atoms with Gasteiger partial charge in [0, 0.05) is 23.0 Å². The topological polar surface area (TPSA) is 92.6 Å². The molecule has 0 saturated heterocycles.